The van der Waals surface area contributed by atoms with Crippen LogP contribution in [0.4, 0.5) is 5.00 Å². The van der Waals surface area contributed by atoms with Crippen molar-refractivity contribution in [2.24, 2.45) is 5.73 Å². The summed E-state index contributed by atoms with van der Waals surface area (Å²) < 4.78 is 11.7. The van der Waals surface area contributed by atoms with E-state index >= 15 is 0 Å². The summed E-state index contributed by atoms with van der Waals surface area (Å²) in [7, 11) is 0. The Hall–Kier alpha value is -3.40. The SMILES string of the molecule is NC(=O)c1c(NC(=O)COC(=O)CCCn2c(=O)oc3ccccc32)sc2c1CCCC2. The van der Waals surface area contributed by atoms with E-state index < -0.39 is 30.1 Å². The molecule has 0 atom stereocenters. The molecule has 1 aromatic carbocycles. The molecule has 0 spiro atoms. The molecule has 0 bridgehead atoms. The van der Waals surface area contributed by atoms with Crippen LogP contribution in [0.5, 0.6) is 0 Å². The number of benzene rings is 1. The molecule has 0 saturated heterocycles. The normalized spacial score (nSPS) is 13.0. The van der Waals surface area contributed by atoms with Gasteiger partial charge in [-0.25, -0.2) is 4.79 Å². The Morgan fingerprint density at radius 2 is 1.97 bits per heavy atom. The summed E-state index contributed by atoms with van der Waals surface area (Å²) in [6.45, 7) is -0.173. The van der Waals surface area contributed by atoms with Gasteiger partial charge < -0.3 is 20.2 Å². The molecular weight excluding hydrogens is 434 g/mol. The zero-order valence-corrected chi connectivity index (χ0v) is 18.2. The highest BCUT2D eigenvalue weighted by Crippen LogP contribution is 2.37. The third-order valence-corrected chi connectivity index (χ3v) is 6.58. The lowest BCUT2D eigenvalue weighted by molar-refractivity contribution is -0.147. The van der Waals surface area contributed by atoms with Crippen molar-refractivity contribution in [1.82, 2.24) is 4.57 Å². The van der Waals surface area contributed by atoms with E-state index in [0.29, 0.717) is 34.6 Å². The molecule has 4 rings (SSSR count). The number of ether oxygens (including phenoxy) is 1. The van der Waals surface area contributed by atoms with E-state index in [-0.39, 0.29) is 6.42 Å². The summed E-state index contributed by atoms with van der Waals surface area (Å²) in [5.41, 5.74) is 7.95. The predicted molar refractivity (Wildman–Crippen MR) is 119 cm³/mol. The van der Waals surface area contributed by atoms with E-state index in [9.17, 15) is 19.2 Å². The Kier molecular flexibility index (Phi) is 6.40. The minimum Gasteiger partial charge on any atom is -0.456 e. The Morgan fingerprint density at radius 3 is 2.78 bits per heavy atom. The van der Waals surface area contributed by atoms with Crippen LogP contribution in [-0.4, -0.2) is 29.0 Å². The summed E-state index contributed by atoms with van der Waals surface area (Å²) >= 11 is 1.35. The molecule has 10 heteroatoms. The van der Waals surface area contributed by atoms with Gasteiger partial charge in [-0.15, -0.1) is 11.3 Å². The molecule has 3 aromatic rings. The van der Waals surface area contributed by atoms with Gasteiger partial charge in [-0.05, 0) is 49.8 Å². The smallest absolute Gasteiger partial charge is 0.419 e. The fourth-order valence-corrected chi connectivity index (χ4v) is 5.21. The van der Waals surface area contributed by atoms with Crippen LogP contribution < -0.4 is 16.8 Å². The maximum absolute atomic E-state index is 12.3. The van der Waals surface area contributed by atoms with E-state index in [1.807, 2.05) is 0 Å². The molecule has 1 aliphatic rings. The Labute approximate surface area is 187 Å². The van der Waals surface area contributed by atoms with Crippen LogP contribution in [0.15, 0.2) is 33.5 Å². The summed E-state index contributed by atoms with van der Waals surface area (Å²) in [6, 6.07) is 7.05. The highest BCUT2D eigenvalue weighted by Gasteiger charge is 2.25. The average molecular weight is 458 g/mol. The number of fused-ring (bicyclic) bond motifs is 2. The number of aryl methyl sites for hydroxylation is 2. The van der Waals surface area contributed by atoms with Crippen molar-refractivity contribution in [2.45, 2.75) is 45.1 Å². The lowest BCUT2D eigenvalue weighted by Gasteiger charge is -2.11. The van der Waals surface area contributed by atoms with Gasteiger partial charge in [0.05, 0.1) is 11.1 Å². The molecule has 2 aromatic heterocycles. The van der Waals surface area contributed by atoms with E-state index in [4.69, 9.17) is 14.9 Å². The summed E-state index contributed by atoms with van der Waals surface area (Å²) in [5.74, 6) is -2.14. The molecule has 2 heterocycles. The van der Waals surface area contributed by atoms with Crippen LogP contribution >= 0.6 is 11.3 Å². The first-order chi connectivity index (χ1) is 15.4. The first kappa shape index (κ1) is 21.8. The van der Waals surface area contributed by atoms with Crippen LogP contribution in [0.1, 0.15) is 46.5 Å². The highest BCUT2D eigenvalue weighted by atomic mass is 32.1. The second kappa shape index (κ2) is 9.39. The van der Waals surface area contributed by atoms with E-state index in [0.717, 1.165) is 36.1 Å². The number of anilines is 1. The van der Waals surface area contributed by atoms with Gasteiger partial charge in [-0.1, -0.05) is 12.1 Å². The number of hydrogen-bond acceptors (Lipinski definition) is 7. The van der Waals surface area contributed by atoms with E-state index in [1.165, 1.54) is 15.9 Å². The number of thiophene rings is 1. The topological polar surface area (TPSA) is 134 Å². The number of rotatable bonds is 8. The molecule has 168 valence electrons. The minimum atomic E-state index is -0.571. The number of carbonyl (C=O) groups excluding carboxylic acids is 3. The minimum absolute atomic E-state index is 0.0407. The van der Waals surface area contributed by atoms with Crippen LogP contribution in [0.2, 0.25) is 0 Å². The molecule has 0 aliphatic heterocycles. The Morgan fingerprint density at radius 1 is 1.19 bits per heavy atom. The third-order valence-electron chi connectivity index (χ3n) is 5.37. The highest BCUT2D eigenvalue weighted by molar-refractivity contribution is 7.17. The van der Waals surface area contributed by atoms with Crippen molar-refractivity contribution in [2.75, 3.05) is 11.9 Å². The molecule has 32 heavy (non-hydrogen) atoms. The first-order valence-corrected chi connectivity index (χ1v) is 11.2. The van der Waals surface area contributed by atoms with Crippen molar-refractivity contribution in [3.05, 3.63) is 50.8 Å². The zero-order valence-electron chi connectivity index (χ0n) is 17.3. The van der Waals surface area contributed by atoms with E-state index in [2.05, 4.69) is 5.32 Å². The zero-order chi connectivity index (χ0) is 22.7. The second-order valence-corrected chi connectivity index (χ2v) is 8.68. The lowest BCUT2D eigenvalue weighted by Crippen LogP contribution is -2.23. The van der Waals surface area contributed by atoms with Gasteiger partial charge in [0, 0.05) is 17.8 Å². The van der Waals surface area contributed by atoms with Gasteiger partial charge in [-0.3, -0.25) is 19.0 Å². The van der Waals surface area contributed by atoms with Gasteiger partial charge in [0.15, 0.2) is 12.2 Å². The standard InChI is InChI=1S/C22H23N3O6S/c23-20(28)19-13-6-1-4-9-16(13)32-21(19)24-17(26)12-30-18(27)10-5-11-25-14-7-2-3-8-15(14)31-22(25)29/h2-3,7-8H,1,4-6,9-12H2,(H2,23,28)(H,24,26). The fourth-order valence-electron chi connectivity index (χ4n) is 3.90. The molecule has 3 N–H and O–H groups in total. The molecule has 2 amide bonds. The number of esters is 1. The van der Waals surface area contributed by atoms with Crippen molar-refractivity contribution in [3.8, 4) is 0 Å². The second-order valence-electron chi connectivity index (χ2n) is 7.58. The van der Waals surface area contributed by atoms with Crippen molar-refractivity contribution >= 4 is 45.2 Å². The molecule has 0 radical (unpaired) electrons. The van der Waals surface area contributed by atoms with E-state index in [1.54, 1.807) is 24.3 Å². The molecule has 1 aliphatic carbocycles. The maximum atomic E-state index is 12.3. The number of para-hydroxylation sites is 2. The number of nitrogens with zero attached hydrogens (tertiary/aromatic N) is 1. The Bertz CT molecular complexity index is 1240. The number of oxazole rings is 1. The molecule has 9 nitrogen and oxygen atoms in total. The number of primary amides is 1. The third kappa shape index (κ3) is 4.59. The van der Waals surface area contributed by atoms with Crippen LogP contribution in [0.3, 0.4) is 0 Å². The fraction of sp³-hybridized carbons (Fsp3) is 0.364. The number of hydrogen-bond donors (Lipinski definition) is 2. The van der Waals surface area contributed by atoms with Gasteiger partial charge in [0.25, 0.3) is 11.8 Å². The first-order valence-electron chi connectivity index (χ1n) is 10.4. The number of amides is 2. The van der Waals surface area contributed by atoms with Gasteiger partial charge in [0.2, 0.25) is 0 Å². The number of nitrogens with two attached hydrogens (primary N) is 1. The quantitative estimate of drug-likeness (QED) is 0.500. The molecular formula is C22H23N3O6S. The van der Waals surface area contributed by atoms with Crippen molar-refractivity contribution < 1.29 is 23.5 Å². The number of carbonyl (C=O) groups is 3. The molecule has 0 fully saturated rings. The number of nitrogens with one attached hydrogen (secondary N) is 1. The molecule has 0 saturated carbocycles. The van der Waals surface area contributed by atoms with Crippen LogP contribution in [0.25, 0.3) is 11.1 Å². The van der Waals surface area contributed by atoms with Crippen molar-refractivity contribution in [3.63, 3.8) is 0 Å². The largest absolute Gasteiger partial charge is 0.456 e. The predicted octanol–water partition coefficient (Wildman–Crippen LogP) is 2.60. The van der Waals surface area contributed by atoms with Gasteiger partial charge in [-0.2, -0.15) is 0 Å². The van der Waals surface area contributed by atoms with Crippen LogP contribution in [-0.2, 0) is 33.7 Å². The van der Waals surface area contributed by atoms with Crippen molar-refractivity contribution in [1.29, 1.82) is 0 Å². The summed E-state index contributed by atoms with van der Waals surface area (Å²) in [6.07, 6.45) is 4.05. The molecule has 0 unspecified atom stereocenters. The monoisotopic (exact) mass is 457 g/mol. The maximum Gasteiger partial charge on any atom is 0.419 e. The summed E-state index contributed by atoms with van der Waals surface area (Å²) in [5, 5.41) is 3.07. The van der Waals surface area contributed by atoms with Crippen LogP contribution in [0, 0.1) is 0 Å². The average Bonchev–Trinajstić information content (AvgIpc) is 3.29. The van der Waals surface area contributed by atoms with Gasteiger partial charge in [0.1, 0.15) is 5.00 Å². The van der Waals surface area contributed by atoms with Gasteiger partial charge >= 0.3 is 11.7 Å². The summed E-state index contributed by atoms with van der Waals surface area (Å²) in [4.78, 5) is 49.2. The number of aromatic nitrogens is 1. The Balaban J connectivity index is 1.28. The lowest BCUT2D eigenvalue weighted by atomic mass is 9.95.